The number of Topliss-reactive ketones (excluding diaryl/α,β-unsaturated/α-hetero) is 1. The smallest absolute Gasteiger partial charge is 0.270 e. The van der Waals surface area contributed by atoms with Crippen LogP contribution >= 0.6 is 0 Å². The molecule has 0 aromatic heterocycles. The van der Waals surface area contributed by atoms with E-state index in [0.29, 0.717) is 13.1 Å². The van der Waals surface area contributed by atoms with Crippen molar-refractivity contribution in [3.8, 4) is 5.75 Å². The molecule has 1 saturated heterocycles. The van der Waals surface area contributed by atoms with E-state index in [2.05, 4.69) is 0 Å². The van der Waals surface area contributed by atoms with Crippen molar-refractivity contribution in [1.82, 2.24) is 9.21 Å². The van der Waals surface area contributed by atoms with Crippen LogP contribution in [0.1, 0.15) is 40.5 Å². The van der Waals surface area contributed by atoms with E-state index in [1.165, 1.54) is 41.6 Å². The van der Waals surface area contributed by atoms with E-state index in [1.54, 1.807) is 18.2 Å². The van der Waals surface area contributed by atoms with Crippen molar-refractivity contribution in [2.24, 2.45) is 0 Å². The number of amides is 2. The minimum atomic E-state index is -3.69. The Morgan fingerprint density at radius 3 is 2.52 bits per heavy atom. The van der Waals surface area contributed by atoms with Crippen LogP contribution in [0.5, 0.6) is 5.75 Å². The second-order valence-corrected chi connectivity index (χ2v) is 9.49. The molecule has 0 aliphatic carbocycles. The van der Waals surface area contributed by atoms with E-state index in [9.17, 15) is 22.8 Å². The molecular weight excluding hydrogens is 420 g/mol. The van der Waals surface area contributed by atoms with Gasteiger partial charge in [-0.25, -0.2) is 8.42 Å². The maximum Gasteiger partial charge on any atom is 0.270 e. The standard InChI is InChI=1S/C22H22N2O6S/c1-15-21(26)24(22(27)18-9-2-3-10-20(18)30-15)14-19(25)16-7-6-8-17(13-16)31(28,29)23-11-4-5-12-23/h2-3,6-10,13,15H,4-5,11-12,14H2,1H3/t15-/m1/s1. The fourth-order valence-electron chi connectivity index (χ4n) is 3.74. The first kappa shape index (κ1) is 21.2. The van der Waals surface area contributed by atoms with Crippen molar-refractivity contribution >= 4 is 27.6 Å². The number of rotatable bonds is 5. The number of ketones is 1. The molecule has 2 aromatic rings. The number of ether oxygens (including phenoxy) is 1. The average Bonchev–Trinajstić information content (AvgIpc) is 3.30. The molecule has 31 heavy (non-hydrogen) atoms. The van der Waals surface area contributed by atoms with Gasteiger partial charge in [-0.1, -0.05) is 24.3 Å². The Kier molecular flexibility index (Phi) is 5.63. The van der Waals surface area contributed by atoms with Gasteiger partial charge < -0.3 is 4.74 Å². The molecule has 0 radical (unpaired) electrons. The van der Waals surface area contributed by atoms with Crippen molar-refractivity contribution in [3.63, 3.8) is 0 Å². The molecule has 0 N–H and O–H groups in total. The average molecular weight is 442 g/mol. The van der Waals surface area contributed by atoms with Crippen molar-refractivity contribution in [2.45, 2.75) is 30.8 Å². The highest BCUT2D eigenvalue weighted by atomic mass is 32.2. The number of sulfonamides is 1. The van der Waals surface area contributed by atoms with E-state index in [1.807, 2.05) is 0 Å². The number of hydrogen-bond acceptors (Lipinski definition) is 6. The molecule has 0 bridgehead atoms. The van der Waals surface area contributed by atoms with Gasteiger partial charge in [0.05, 0.1) is 17.0 Å². The van der Waals surface area contributed by atoms with Crippen LogP contribution in [0.4, 0.5) is 0 Å². The van der Waals surface area contributed by atoms with Gasteiger partial charge in [0.25, 0.3) is 11.8 Å². The van der Waals surface area contributed by atoms with Crippen LogP contribution in [0.25, 0.3) is 0 Å². The van der Waals surface area contributed by atoms with E-state index < -0.39 is 40.3 Å². The SMILES string of the molecule is C[C@H]1Oc2ccccc2C(=O)N(CC(=O)c2cccc(S(=O)(=O)N3CCCC3)c2)C1=O. The number of para-hydroxylation sites is 1. The van der Waals surface area contributed by atoms with Crippen molar-refractivity contribution < 1.29 is 27.5 Å². The highest BCUT2D eigenvalue weighted by Gasteiger charge is 2.35. The van der Waals surface area contributed by atoms with Crippen LogP contribution in [0.3, 0.4) is 0 Å². The molecule has 2 amide bonds. The molecule has 4 rings (SSSR count). The predicted molar refractivity (Wildman–Crippen MR) is 111 cm³/mol. The summed E-state index contributed by atoms with van der Waals surface area (Å²) in [7, 11) is -3.69. The Bertz CT molecular complexity index is 1150. The maximum atomic E-state index is 12.9. The van der Waals surface area contributed by atoms with Crippen LogP contribution in [0.15, 0.2) is 53.4 Å². The Labute approximate surface area is 180 Å². The summed E-state index contributed by atoms with van der Waals surface area (Å²) >= 11 is 0. The molecule has 1 fully saturated rings. The second-order valence-electron chi connectivity index (χ2n) is 7.55. The van der Waals surface area contributed by atoms with E-state index in [-0.39, 0.29) is 21.8 Å². The number of benzene rings is 2. The third-order valence-electron chi connectivity index (χ3n) is 5.44. The minimum Gasteiger partial charge on any atom is -0.480 e. The largest absolute Gasteiger partial charge is 0.480 e. The van der Waals surface area contributed by atoms with Gasteiger partial charge in [0.1, 0.15) is 5.75 Å². The van der Waals surface area contributed by atoms with Gasteiger partial charge in [-0.2, -0.15) is 4.31 Å². The molecular formula is C22H22N2O6S. The molecule has 9 heteroatoms. The van der Waals surface area contributed by atoms with Gasteiger partial charge in [-0.3, -0.25) is 19.3 Å². The molecule has 0 saturated carbocycles. The zero-order valence-electron chi connectivity index (χ0n) is 17.0. The quantitative estimate of drug-likeness (QED) is 0.519. The Morgan fingerprint density at radius 1 is 1.06 bits per heavy atom. The molecule has 0 unspecified atom stereocenters. The summed E-state index contributed by atoms with van der Waals surface area (Å²) in [5.41, 5.74) is 0.310. The molecule has 2 heterocycles. The molecule has 2 aromatic carbocycles. The van der Waals surface area contributed by atoms with Gasteiger partial charge in [0, 0.05) is 18.7 Å². The lowest BCUT2D eigenvalue weighted by molar-refractivity contribution is -0.134. The lowest BCUT2D eigenvalue weighted by atomic mass is 10.1. The summed E-state index contributed by atoms with van der Waals surface area (Å²) in [5.74, 6) is -1.51. The normalized spacial score (nSPS) is 19.6. The van der Waals surface area contributed by atoms with Crippen LogP contribution in [0, 0.1) is 0 Å². The molecule has 0 spiro atoms. The summed E-state index contributed by atoms with van der Waals surface area (Å²) in [6.45, 7) is 1.91. The maximum absolute atomic E-state index is 12.9. The number of carbonyl (C=O) groups excluding carboxylic acids is 3. The second kappa shape index (κ2) is 8.24. The zero-order chi connectivity index (χ0) is 22.2. The summed E-state index contributed by atoms with van der Waals surface area (Å²) < 4.78 is 32.6. The molecule has 162 valence electrons. The molecule has 2 aliphatic rings. The van der Waals surface area contributed by atoms with Crippen LogP contribution in [-0.2, 0) is 14.8 Å². The van der Waals surface area contributed by atoms with Crippen molar-refractivity contribution in [1.29, 1.82) is 0 Å². The van der Waals surface area contributed by atoms with Gasteiger partial charge in [0.2, 0.25) is 10.0 Å². The Balaban J connectivity index is 1.61. The summed E-state index contributed by atoms with van der Waals surface area (Å²) in [6.07, 6.45) is 0.666. The fraction of sp³-hybridized carbons (Fsp3) is 0.318. The van der Waals surface area contributed by atoms with Crippen molar-refractivity contribution in [2.75, 3.05) is 19.6 Å². The highest BCUT2D eigenvalue weighted by Crippen LogP contribution is 2.26. The van der Waals surface area contributed by atoms with E-state index in [0.717, 1.165) is 17.7 Å². The van der Waals surface area contributed by atoms with Crippen LogP contribution in [0.2, 0.25) is 0 Å². The van der Waals surface area contributed by atoms with E-state index in [4.69, 9.17) is 4.74 Å². The number of fused-ring (bicyclic) bond motifs is 1. The Hall–Kier alpha value is -3.04. The fourth-order valence-corrected chi connectivity index (χ4v) is 5.31. The predicted octanol–water partition coefficient (Wildman–Crippen LogP) is 2.10. The van der Waals surface area contributed by atoms with Crippen LogP contribution < -0.4 is 4.74 Å². The minimum absolute atomic E-state index is 0.0239. The zero-order valence-corrected chi connectivity index (χ0v) is 17.8. The molecule has 8 nitrogen and oxygen atoms in total. The summed E-state index contributed by atoms with van der Waals surface area (Å²) in [6, 6.07) is 12.2. The molecule has 2 aliphatic heterocycles. The number of nitrogens with zero attached hydrogens (tertiary/aromatic N) is 2. The van der Waals surface area contributed by atoms with Crippen LogP contribution in [-0.4, -0.2) is 61.0 Å². The highest BCUT2D eigenvalue weighted by molar-refractivity contribution is 7.89. The lowest BCUT2D eigenvalue weighted by Gasteiger charge is -2.20. The first-order valence-electron chi connectivity index (χ1n) is 10.0. The van der Waals surface area contributed by atoms with Gasteiger partial charge >= 0.3 is 0 Å². The van der Waals surface area contributed by atoms with Gasteiger partial charge in [0.15, 0.2) is 11.9 Å². The number of hydrogen-bond donors (Lipinski definition) is 0. The Morgan fingerprint density at radius 2 is 1.77 bits per heavy atom. The number of carbonyl (C=O) groups is 3. The van der Waals surface area contributed by atoms with Gasteiger partial charge in [-0.15, -0.1) is 0 Å². The number of imide groups is 1. The van der Waals surface area contributed by atoms with Gasteiger partial charge in [-0.05, 0) is 44.0 Å². The molecule has 1 atom stereocenters. The van der Waals surface area contributed by atoms with E-state index >= 15 is 0 Å². The topological polar surface area (TPSA) is 101 Å². The third kappa shape index (κ3) is 3.98. The third-order valence-corrected chi connectivity index (χ3v) is 7.34. The summed E-state index contributed by atoms with van der Waals surface area (Å²) in [5, 5.41) is 0. The lowest BCUT2D eigenvalue weighted by Crippen LogP contribution is -2.44. The first-order chi connectivity index (χ1) is 14.8. The van der Waals surface area contributed by atoms with Crippen molar-refractivity contribution in [3.05, 3.63) is 59.7 Å². The summed E-state index contributed by atoms with van der Waals surface area (Å²) in [4.78, 5) is 39.5. The first-order valence-corrected chi connectivity index (χ1v) is 11.5. The monoisotopic (exact) mass is 442 g/mol.